The Hall–Kier alpha value is -3.28. The first kappa shape index (κ1) is 17.5. The van der Waals surface area contributed by atoms with Crippen molar-refractivity contribution in [3.8, 4) is 11.5 Å². The Labute approximate surface area is 152 Å². The third-order valence-corrected chi connectivity index (χ3v) is 4.14. The number of imide groups is 1. The molecule has 2 aromatic carbocycles. The molecule has 0 aliphatic carbocycles. The summed E-state index contributed by atoms with van der Waals surface area (Å²) in [6.45, 7) is 0.549. The number of hydrogen-bond donors (Lipinski definition) is 1. The first-order valence-electron chi connectivity index (χ1n) is 8.23. The van der Waals surface area contributed by atoms with Gasteiger partial charge < -0.3 is 14.8 Å². The summed E-state index contributed by atoms with van der Waals surface area (Å²) in [6, 6.07) is 14.5. The molecule has 2 amide bonds. The Bertz CT molecular complexity index is 826. The fourth-order valence-electron chi connectivity index (χ4n) is 2.71. The van der Waals surface area contributed by atoms with Gasteiger partial charge in [-0.25, -0.2) is 4.90 Å². The number of hydrogen-bond acceptors (Lipinski definition) is 5. The molecule has 0 spiro atoms. The number of nitrogens with zero attached hydrogens (tertiary/aromatic N) is 1. The molecule has 134 valence electrons. The number of ether oxygens (including phenoxy) is 2. The van der Waals surface area contributed by atoms with E-state index in [-0.39, 0.29) is 11.8 Å². The lowest BCUT2D eigenvalue weighted by atomic mass is 10.1. The van der Waals surface area contributed by atoms with Crippen LogP contribution in [0.2, 0.25) is 0 Å². The van der Waals surface area contributed by atoms with E-state index in [2.05, 4.69) is 5.32 Å². The fraction of sp³-hybridized carbons (Fsp3) is 0.200. The summed E-state index contributed by atoms with van der Waals surface area (Å²) < 4.78 is 10.2. The Balaban J connectivity index is 1.59. The normalized spacial score (nSPS) is 13.6. The summed E-state index contributed by atoms with van der Waals surface area (Å²) >= 11 is 0. The predicted molar refractivity (Wildman–Crippen MR) is 98.3 cm³/mol. The van der Waals surface area contributed by atoms with Crippen LogP contribution < -0.4 is 19.7 Å². The number of anilines is 1. The average molecular weight is 352 g/mol. The van der Waals surface area contributed by atoms with Crippen molar-refractivity contribution in [1.82, 2.24) is 5.32 Å². The molecular weight excluding hydrogens is 332 g/mol. The summed E-state index contributed by atoms with van der Waals surface area (Å²) in [5.74, 6) is 0.761. The van der Waals surface area contributed by atoms with Crippen molar-refractivity contribution in [2.24, 2.45) is 0 Å². The molecule has 2 aromatic rings. The van der Waals surface area contributed by atoms with Gasteiger partial charge in [0.2, 0.25) is 0 Å². The number of rotatable bonds is 7. The summed E-state index contributed by atoms with van der Waals surface area (Å²) in [5, 5.41) is 3.05. The molecule has 0 bridgehead atoms. The third kappa shape index (κ3) is 3.69. The highest BCUT2D eigenvalue weighted by atomic mass is 16.5. The highest BCUT2D eigenvalue weighted by molar-refractivity contribution is 6.30. The van der Waals surface area contributed by atoms with E-state index in [1.54, 1.807) is 38.5 Å². The van der Waals surface area contributed by atoms with Crippen molar-refractivity contribution < 1.29 is 19.1 Å². The largest absolute Gasteiger partial charge is 0.497 e. The Morgan fingerprint density at radius 1 is 0.885 bits per heavy atom. The summed E-state index contributed by atoms with van der Waals surface area (Å²) in [4.78, 5) is 25.9. The van der Waals surface area contributed by atoms with Gasteiger partial charge in [0.25, 0.3) is 11.8 Å². The quantitative estimate of drug-likeness (QED) is 0.775. The van der Waals surface area contributed by atoms with E-state index in [4.69, 9.17) is 9.47 Å². The lowest BCUT2D eigenvalue weighted by molar-refractivity contribution is -0.120. The van der Waals surface area contributed by atoms with E-state index < -0.39 is 0 Å². The molecule has 1 heterocycles. The van der Waals surface area contributed by atoms with Crippen molar-refractivity contribution in [2.45, 2.75) is 6.42 Å². The fourth-order valence-corrected chi connectivity index (χ4v) is 2.71. The van der Waals surface area contributed by atoms with Gasteiger partial charge in [-0.2, -0.15) is 0 Å². The first-order valence-corrected chi connectivity index (χ1v) is 8.23. The summed E-state index contributed by atoms with van der Waals surface area (Å²) in [5.41, 5.74) is 1.94. The topological polar surface area (TPSA) is 67.9 Å². The highest BCUT2D eigenvalue weighted by Gasteiger charge is 2.32. The molecule has 1 N–H and O–H groups in total. The van der Waals surface area contributed by atoms with Gasteiger partial charge in [-0.05, 0) is 48.4 Å². The smallest absolute Gasteiger partial charge is 0.281 e. The van der Waals surface area contributed by atoms with Crippen molar-refractivity contribution in [1.29, 1.82) is 0 Å². The Morgan fingerprint density at radius 2 is 1.46 bits per heavy atom. The highest BCUT2D eigenvalue weighted by Crippen LogP contribution is 2.24. The first-order chi connectivity index (χ1) is 12.6. The van der Waals surface area contributed by atoms with E-state index in [0.717, 1.165) is 22.6 Å². The zero-order valence-corrected chi connectivity index (χ0v) is 14.7. The second-order valence-corrected chi connectivity index (χ2v) is 5.76. The van der Waals surface area contributed by atoms with Gasteiger partial charge in [0.05, 0.1) is 19.9 Å². The van der Waals surface area contributed by atoms with Crippen molar-refractivity contribution >= 4 is 17.5 Å². The third-order valence-electron chi connectivity index (χ3n) is 4.14. The zero-order valence-electron chi connectivity index (χ0n) is 14.7. The summed E-state index contributed by atoms with van der Waals surface area (Å²) in [6.07, 6.45) is 2.06. The minimum Gasteiger partial charge on any atom is -0.497 e. The number of amides is 2. The van der Waals surface area contributed by atoms with Crippen molar-refractivity contribution in [3.05, 3.63) is 65.9 Å². The molecule has 3 rings (SSSR count). The maximum Gasteiger partial charge on any atom is 0.281 e. The number of benzene rings is 2. The lowest BCUT2D eigenvalue weighted by Gasteiger charge is -2.15. The molecule has 0 atom stereocenters. The number of methoxy groups -OCH3 is 2. The van der Waals surface area contributed by atoms with Gasteiger partial charge in [0, 0.05) is 12.6 Å². The maximum absolute atomic E-state index is 12.5. The van der Waals surface area contributed by atoms with Crippen LogP contribution in [0.4, 0.5) is 5.69 Å². The van der Waals surface area contributed by atoms with Gasteiger partial charge in [0.15, 0.2) is 0 Å². The minimum absolute atomic E-state index is 0.305. The van der Waals surface area contributed by atoms with Gasteiger partial charge in [-0.15, -0.1) is 0 Å². The molecule has 1 aliphatic rings. The number of carbonyl (C=O) groups excluding carboxylic acids is 2. The molecular formula is C20H20N2O4. The van der Waals surface area contributed by atoms with Crippen LogP contribution in [0.15, 0.2) is 60.3 Å². The predicted octanol–water partition coefficient (Wildman–Crippen LogP) is 2.29. The van der Waals surface area contributed by atoms with Crippen LogP contribution in [-0.4, -0.2) is 32.6 Å². The molecule has 6 heteroatoms. The van der Waals surface area contributed by atoms with Crippen LogP contribution in [0.25, 0.3) is 0 Å². The second-order valence-electron chi connectivity index (χ2n) is 5.76. The zero-order chi connectivity index (χ0) is 18.5. The second kappa shape index (κ2) is 7.74. The van der Waals surface area contributed by atoms with E-state index in [1.165, 1.54) is 6.08 Å². The summed E-state index contributed by atoms with van der Waals surface area (Å²) in [7, 11) is 3.19. The molecule has 26 heavy (non-hydrogen) atoms. The van der Waals surface area contributed by atoms with Crippen LogP contribution in [0.5, 0.6) is 11.5 Å². The van der Waals surface area contributed by atoms with Crippen LogP contribution in [0.1, 0.15) is 5.56 Å². The molecule has 1 aliphatic heterocycles. The molecule has 0 saturated heterocycles. The molecule has 0 aromatic heterocycles. The van der Waals surface area contributed by atoms with Crippen LogP contribution in [-0.2, 0) is 16.0 Å². The van der Waals surface area contributed by atoms with Crippen LogP contribution >= 0.6 is 0 Å². The molecule has 0 saturated carbocycles. The van der Waals surface area contributed by atoms with E-state index in [0.29, 0.717) is 23.7 Å². The molecule has 6 nitrogen and oxygen atoms in total. The maximum atomic E-state index is 12.5. The van der Waals surface area contributed by atoms with E-state index in [9.17, 15) is 9.59 Å². The van der Waals surface area contributed by atoms with Gasteiger partial charge in [0.1, 0.15) is 17.2 Å². The number of nitrogens with one attached hydrogen (secondary N) is 1. The molecule has 0 radical (unpaired) electrons. The van der Waals surface area contributed by atoms with Gasteiger partial charge in [-0.3, -0.25) is 9.59 Å². The Kier molecular flexibility index (Phi) is 5.22. The van der Waals surface area contributed by atoms with Crippen molar-refractivity contribution in [3.63, 3.8) is 0 Å². The van der Waals surface area contributed by atoms with E-state index >= 15 is 0 Å². The lowest BCUT2D eigenvalue weighted by Crippen LogP contribution is -2.33. The SMILES string of the molecule is COc1ccc(CCNC2=CC(=O)N(c3ccc(OC)cc3)C2=O)cc1. The van der Waals surface area contributed by atoms with Gasteiger partial charge >= 0.3 is 0 Å². The molecule has 0 fully saturated rings. The average Bonchev–Trinajstić information content (AvgIpc) is 2.96. The van der Waals surface area contributed by atoms with Crippen LogP contribution in [0, 0.1) is 0 Å². The van der Waals surface area contributed by atoms with Crippen molar-refractivity contribution in [2.75, 3.05) is 25.7 Å². The number of carbonyl (C=O) groups is 2. The monoisotopic (exact) mass is 352 g/mol. The standard InChI is InChI=1S/C20H20N2O4/c1-25-16-7-3-14(4-8-16)11-12-21-18-13-19(23)22(20(18)24)15-5-9-17(26-2)10-6-15/h3-10,13,21H,11-12H2,1-2H3. The van der Waals surface area contributed by atoms with Gasteiger partial charge in [-0.1, -0.05) is 12.1 Å². The van der Waals surface area contributed by atoms with E-state index in [1.807, 2.05) is 24.3 Å². The van der Waals surface area contributed by atoms with Crippen LogP contribution in [0.3, 0.4) is 0 Å². The minimum atomic E-state index is -0.355. The Morgan fingerprint density at radius 3 is 2.04 bits per heavy atom. The molecule has 0 unspecified atom stereocenters.